The van der Waals surface area contributed by atoms with E-state index in [1.807, 2.05) is 0 Å². The van der Waals surface area contributed by atoms with Gasteiger partial charge in [-0.15, -0.1) is 0 Å². The highest BCUT2D eigenvalue weighted by Gasteiger charge is 2.27. The molecule has 19 heavy (non-hydrogen) atoms. The number of benzene rings is 1. The molecule has 2 rings (SSSR count). The maximum absolute atomic E-state index is 14.1. The van der Waals surface area contributed by atoms with E-state index >= 15 is 0 Å². The predicted octanol–water partition coefficient (Wildman–Crippen LogP) is 2.27. The van der Waals surface area contributed by atoms with Crippen molar-refractivity contribution in [2.24, 2.45) is 0 Å². The molecule has 1 atom stereocenters. The van der Waals surface area contributed by atoms with Crippen molar-refractivity contribution >= 4 is 11.7 Å². The first-order valence-electron chi connectivity index (χ1n) is 6.54. The molecule has 2 N–H and O–H groups in total. The number of carboxylic acids is 1. The summed E-state index contributed by atoms with van der Waals surface area (Å²) < 4.78 is 14.1. The molecule has 104 valence electrons. The minimum absolute atomic E-state index is 0.0413. The third kappa shape index (κ3) is 2.87. The topological polar surface area (TPSA) is 60.8 Å². The van der Waals surface area contributed by atoms with Crippen LogP contribution in [0, 0.1) is 5.82 Å². The van der Waals surface area contributed by atoms with Crippen molar-refractivity contribution in [3.8, 4) is 0 Å². The van der Waals surface area contributed by atoms with Crippen molar-refractivity contribution in [1.29, 1.82) is 0 Å². The summed E-state index contributed by atoms with van der Waals surface area (Å²) >= 11 is 0. The van der Waals surface area contributed by atoms with Gasteiger partial charge in [-0.05, 0) is 25.0 Å². The summed E-state index contributed by atoms with van der Waals surface area (Å²) in [5.74, 6) is -1.68. The van der Waals surface area contributed by atoms with E-state index in [9.17, 15) is 19.4 Å². The van der Waals surface area contributed by atoms with Crippen LogP contribution in [-0.4, -0.2) is 35.4 Å². The van der Waals surface area contributed by atoms with Gasteiger partial charge in [-0.2, -0.15) is 0 Å². The van der Waals surface area contributed by atoms with Gasteiger partial charge in [0, 0.05) is 6.54 Å². The van der Waals surface area contributed by atoms with E-state index in [0.29, 0.717) is 6.54 Å². The van der Waals surface area contributed by atoms with E-state index < -0.39 is 11.8 Å². The third-order valence-corrected chi connectivity index (χ3v) is 3.59. The van der Waals surface area contributed by atoms with Gasteiger partial charge in [0.05, 0.1) is 23.9 Å². The Morgan fingerprint density at radius 1 is 1.37 bits per heavy atom. The van der Waals surface area contributed by atoms with Crippen LogP contribution in [0.1, 0.15) is 36.0 Å². The van der Waals surface area contributed by atoms with Gasteiger partial charge in [-0.3, -0.25) is 0 Å². The van der Waals surface area contributed by atoms with E-state index in [1.54, 1.807) is 4.90 Å². The fourth-order valence-electron chi connectivity index (χ4n) is 2.64. The predicted molar refractivity (Wildman–Crippen MR) is 70.0 cm³/mol. The Bertz CT molecular complexity index is 464. The van der Waals surface area contributed by atoms with Crippen molar-refractivity contribution in [1.82, 2.24) is 0 Å². The van der Waals surface area contributed by atoms with Crippen molar-refractivity contribution in [2.45, 2.75) is 31.7 Å². The van der Waals surface area contributed by atoms with E-state index in [0.717, 1.165) is 25.7 Å². The number of hydrogen-bond donors (Lipinski definition) is 2. The molecular formula is C14H18FNO3. The van der Waals surface area contributed by atoms with Crippen LogP contribution in [0.5, 0.6) is 0 Å². The summed E-state index contributed by atoms with van der Waals surface area (Å²) in [6.45, 7) is 0.486. The van der Waals surface area contributed by atoms with Crippen LogP contribution in [-0.2, 0) is 0 Å². The minimum Gasteiger partial charge on any atom is -0.478 e. The molecule has 0 bridgehead atoms. The highest BCUT2D eigenvalue weighted by atomic mass is 19.1. The lowest BCUT2D eigenvalue weighted by Gasteiger charge is -2.32. The third-order valence-electron chi connectivity index (χ3n) is 3.59. The number of para-hydroxylation sites is 1. The second-order valence-corrected chi connectivity index (χ2v) is 4.82. The average molecular weight is 267 g/mol. The number of anilines is 1. The Hall–Kier alpha value is -1.62. The van der Waals surface area contributed by atoms with Crippen LogP contribution in [0.25, 0.3) is 0 Å². The van der Waals surface area contributed by atoms with Gasteiger partial charge in [0.15, 0.2) is 0 Å². The van der Waals surface area contributed by atoms with Gasteiger partial charge in [0.25, 0.3) is 0 Å². The van der Waals surface area contributed by atoms with E-state index in [2.05, 4.69) is 0 Å². The highest BCUT2D eigenvalue weighted by Crippen LogP contribution is 2.30. The van der Waals surface area contributed by atoms with Gasteiger partial charge in [-0.25, -0.2) is 9.18 Å². The molecule has 0 aliphatic carbocycles. The molecule has 1 fully saturated rings. The quantitative estimate of drug-likeness (QED) is 0.882. The highest BCUT2D eigenvalue weighted by molar-refractivity contribution is 5.94. The summed E-state index contributed by atoms with van der Waals surface area (Å²) in [6, 6.07) is 3.85. The number of aromatic carboxylic acids is 1. The Kier molecular flexibility index (Phi) is 4.37. The molecule has 5 heteroatoms. The lowest BCUT2D eigenvalue weighted by atomic mass is 10.1. The molecule has 0 spiro atoms. The van der Waals surface area contributed by atoms with E-state index in [4.69, 9.17) is 0 Å². The number of rotatable bonds is 3. The zero-order valence-corrected chi connectivity index (χ0v) is 10.7. The van der Waals surface area contributed by atoms with E-state index in [-0.39, 0.29) is 23.9 Å². The molecule has 1 unspecified atom stereocenters. The molecule has 1 aromatic rings. The standard InChI is InChI=1S/C14H18FNO3/c15-12-7-4-6-11(14(18)19)13(12)16-8-3-1-2-5-10(16)9-17/h4,6-7,10,17H,1-3,5,8-9H2,(H,18,19). The molecule has 0 aromatic heterocycles. The zero-order chi connectivity index (χ0) is 13.8. The molecule has 1 aliphatic rings. The Balaban J connectivity index is 2.45. The Labute approximate surface area is 111 Å². The number of aliphatic hydroxyl groups excluding tert-OH is 1. The molecule has 4 nitrogen and oxygen atoms in total. The number of halogens is 1. The monoisotopic (exact) mass is 267 g/mol. The first-order chi connectivity index (χ1) is 9.15. The number of aliphatic hydroxyl groups is 1. The van der Waals surface area contributed by atoms with Crippen LogP contribution in [0.15, 0.2) is 18.2 Å². The molecular weight excluding hydrogens is 249 g/mol. The van der Waals surface area contributed by atoms with Gasteiger partial charge in [0.2, 0.25) is 0 Å². The zero-order valence-electron chi connectivity index (χ0n) is 10.7. The molecule has 1 aliphatic heterocycles. The fraction of sp³-hybridized carbons (Fsp3) is 0.500. The average Bonchev–Trinajstić information content (AvgIpc) is 2.63. The molecule has 0 amide bonds. The van der Waals surface area contributed by atoms with Crippen LogP contribution >= 0.6 is 0 Å². The van der Waals surface area contributed by atoms with Crippen LogP contribution < -0.4 is 4.90 Å². The van der Waals surface area contributed by atoms with Crippen molar-refractivity contribution in [2.75, 3.05) is 18.1 Å². The summed E-state index contributed by atoms with van der Waals surface area (Å²) in [5.41, 5.74) is 0.0660. The number of carboxylic acid groups (broad SMARTS) is 1. The second kappa shape index (κ2) is 6.02. The molecule has 0 saturated carbocycles. The minimum atomic E-state index is -1.14. The fourth-order valence-corrected chi connectivity index (χ4v) is 2.64. The lowest BCUT2D eigenvalue weighted by Crippen LogP contribution is -2.39. The van der Waals surface area contributed by atoms with Crippen LogP contribution in [0.3, 0.4) is 0 Å². The summed E-state index contributed by atoms with van der Waals surface area (Å²) in [4.78, 5) is 13.0. The van der Waals surface area contributed by atoms with Crippen molar-refractivity contribution in [3.05, 3.63) is 29.6 Å². The van der Waals surface area contributed by atoms with Gasteiger partial charge in [0.1, 0.15) is 5.82 Å². The first kappa shape index (κ1) is 13.8. The Morgan fingerprint density at radius 3 is 2.84 bits per heavy atom. The maximum atomic E-state index is 14.1. The number of hydrogen-bond acceptors (Lipinski definition) is 3. The molecule has 1 heterocycles. The second-order valence-electron chi connectivity index (χ2n) is 4.82. The van der Waals surface area contributed by atoms with Gasteiger partial charge in [-0.1, -0.05) is 18.9 Å². The molecule has 1 aromatic carbocycles. The van der Waals surface area contributed by atoms with Crippen LogP contribution in [0.2, 0.25) is 0 Å². The normalized spacial score (nSPS) is 20.1. The van der Waals surface area contributed by atoms with Gasteiger partial charge >= 0.3 is 5.97 Å². The molecule has 0 radical (unpaired) electrons. The largest absolute Gasteiger partial charge is 0.478 e. The summed E-state index contributed by atoms with van der Waals surface area (Å²) in [7, 11) is 0. The maximum Gasteiger partial charge on any atom is 0.337 e. The Morgan fingerprint density at radius 2 is 2.16 bits per heavy atom. The van der Waals surface area contributed by atoms with E-state index in [1.165, 1.54) is 18.2 Å². The summed E-state index contributed by atoms with van der Waals surface area (Å²) in [5, 5.41) is 18.7. The smallest absolute Gasteiger partial charge is 0.337 e. The molecule has 1 saturated heterocycles. The van der Waals surface area contributed by atoms with Crippen molar-refractivity contribution < 1.29 is 19.4 Å². The van der Waals surface area contributed by atoms with Gasteiger partial charge < -0.3 is 15.1 Å². The number of carbonyl (C=O) groups is 1. The van der Waals surface area contributed by atoms with Crippen LogP contribution in [0.4, 0.5) is 10.1 Å². The summed E-state index contributed by atoms with van der Waals surface area (Å²) in [6.07, 6.45) is 3.62. The SMILES string of the molecule is O=C(O)c1cccc(F)c1N1CCCCCC1CO. The first-order valence-corrected chi connectivity index (χ1v) is 6.54. The van der Waals surface area contributed by atoms with Crippen molar-refractivity contribution in [3.63, 3.8) is 0 Å². The number of nitrogens with zero attached hydrogens (tertiary/aromatic N) is 1. The lowest BCUT2D eigenvalue weighted by molar-refractivity contribution is 0.0696.